The third kappa shape index (κ3) is 5.10. The minimum Gasteiger partial charge on any atom is -0.395 e. The van der Waals surface area contributed by atoms with Crippen LogP contribution in [0.15, 0.2) is 18.2 Å². The van der Waals surface area contributed by atoms with E-state index in [0.29, 0.717) is 25.5 Å². The van der Waals surface area contributed by atoms with Gasteiger partial charge in [0.15, 0.2) is 0 Å². The van der Waals surface area contributed by atoms with E-state index in [2.05, 4.69) is 15.3 Å². The van der Waals surface area contributed by atoms with Crippen LogP contribution in [-0.4, -0.2) is 48.4 Å². The molecular weight excluding hydrogens is 220 g/mol. The number of methoxy groups -OCH3 is 1. The Kier molecular flexibility index (Phi) is 6.49. The second-order valence-electron chi connectivity index (χ2n) is 3.65. The molecule has 0 saturated carbocycles. The number of aromatic nitrogens is 1. The maximum atomic E-state index is 8.98. The zero-order chi connectivity index (χ0) is 12.5. The fraction of sp³-hybridized carbons (Fsp3) is 0.545. The van der Waals surface area contributed by atoms with Gasteiger partial charge < -0.3 is 15.3 Å². The Morgan fingerprint density at radius 1 is 1.47 bits per heavy atom. The highest BCUT2D eigenvalue weighted by Crippen LogP contribution is 2.06. The van der Waals surface area contributed by atoms with E-state index in [4.69, 9.17) is 15.7 Å². The van der Waals surface area contributed by atoms with Crippen molar-refractivity contribution >= 4 is 5.82 Å². The van der Waals surface area contributed by atoms with Crippen LogP contribution in [0.3, 0.4) is 0 Å². The summed E-state index contributed by atoms with van der Waals surface area (Å²) in [5.74, 6) is 5.94. The van der Waals surface area contributed by atoms with Crippen LogP contribution in [0.1, 0.15) is 5.69 Å². The number of nitrogens with one attached hydrogen (secondary N) is 1. The molecule has 6 heteroatoms. The lowest BCUT2D eigenvalue weighted by Gasteiger charge is -2.20. The van der Waals surface area contributed by atoms with Gasteiger partial charge in [-0.15, -0.1) is 0 Å². The molecule has 0 spiro atoms. The summed E-state index contributed by atoms with van der Waals surface area (Å²) in [6.07, 6.45) is 0. The lowest BCUT2D eigenvalue weighted by atomic mass is 10.3. The first-order valence-electron chi connectivity index (χ1n) is 5.55. The third-order valence-electron chi connectivity index (χ3n) is 2.37. The highest BCUT2D eigenvalue weighted by Gasteiger charge is 2.06. The first-order chi connectivity index (χ1) is 8.30. The van der Waals surface area contributed by atoms with E-state index in [0.717, 1.165) is 12.2 Å². The van der Waals surface area contributed by atoms with Crippen LogP contribution >= 0.6 is 0 Å². The van der Waals surface area contributed by atoms with Gasteiger partial charge in [-0.2, -0.15) is 0 Å². The Hall–Kier alpha value is -1.21. The third-order valence-corrected chi connectivity index (χ3v) is 2.37. The Morgan fingerprint density at radius 3 is 2.94 bits per heavy atom. The van der Waals surface area contributed by atoms with Crippen molar-refractivity contribution in [3.05, 3.63) is 23.9 Å². The zero-order valence-electron chi connectivity index (χ0n) is 10.1. The molecule has 17 heavy (non-hydrogen) atoms. The summed E-state index contributed by atoms with van der Waals surface area (Å²) in [6, 6.07) is 5.62. The van der Waals surface area contributed by atoms with Gasteiger partial charge >= 0.3 is 0 Å². The molecule has 0 amide bonds. The van der Waals surface area contributed by atoms with Gasteiger partial charge in [0, 0.05) is 26.7 Å². The van der Waals surface area contributed by atoms with Crippen molar-refractivity contribution in [2.24, 2.45) is 5.84 Å². The number of aliphatic hydroxyl groups excluding tert-OH is 1. The second kappa shape index (κ2) is 7.97. The second-order valence-corrected chi connectivity index (χ2v) is 3.65. The smallest absolute Gasteiger partial charge is 0.140 e. The lowest BCUT2D eigenvalue weighted by Crippen LogP contribution is -2.30. The van der Waals surface area contributed by atoms with E-state index in [9.17, 15) is 0 Å². The molecule has 1 heterocycles. The first kappa shape index (κ1) is 13.9. The van der Waals surface area contributed by atoms with Crippen LogP contribution < -0.4 is 11.3 Å². The predicted molar refractivity (Wildman–Crippen MR) is 66.3 cm³/mol. The summed E-state index contributed by atoms with van der Waals surface area (Å²) in [7, 11) is 1.66. The molecule has 0 aliphatic heterocycles. The molecule has 0 aromatic carbocycles. The van der Waals surface area contributed by atoms with Crippen LogP contribution in [0, 0.1) is 0 Å². The number of ether oxygens (including phenoxy) is 1. The Morgan fingerprint density at radius 2 is 2.29 bits per heavy atom. The molecule has 96 valence electrons. The molecule has 1 aromatic heterocycles. The van der Waals surface area contributed by atoms with Crippen molar-refractivity contribution in [3.63, 3.8) is 0 Å². The molecule has 0 aliphatic rings. The molecule has 1 aromatic rings. The number of rotatable bonds is 8. The number of anilines is 1. The van der Waals surface area contributed by atoms with Gasteiger partial charge in [-0.25, -0.2) is 10.8 Å². The topological polar surface area (TPSA) is 83.6 Å². The molecule has 6 nitrogen and oxygen atoms in total. The zero-order valence-corrected chi connectivity index (χ0v) is 10.1. The summed E-state index contributed by atoms with van der Waals surface area (Å²) in [4.78, 5) is 6.40. The minimum absolute atomic E-state index is 0.124. The van der Waals surface area contributed by atoms with E-state index in [1.54, 1.807) is 13.2 Å². The maximum absolute atomic E-state index is 8.98. The number of nitrogen functional groups attached to an aromatic ring is 1. The van der Waals surface area contributed by atoms with E-state index < -0.39 is 0 Å². The molecule has 0 saturated heterocycles. The molecular formula is C11H20N4O2. The molecule has 0 fully saturated rings. The van der Waals surface area contributed by atoms with Crippen molar-refractivity contribution in [3.8, 4) is 0 Å². The molecule has 0 unspecified atom stereocenters. The largest absolute Gasteiger partial charge is 0.395 e. The van der Waals surface area contributed by atoms with Crippen LogP contribution in [0.5, 0.6) is 0 Å². The standard InChI is InChI=1S/C11H20N4O2/c1-17-8-6-15(5-7-16)9-10-3-2-4-11(13-10)14-12/h2-4,16H,5-9,12H2,1H3,(H,13,14). The van der Waals surface area contributed by atoms with Crippen molar-refractivity contribution < 1.29 is 9.84 Å². The van der Waals surface area contributed by atoms with E-state index >= 15 is 0 Å². The monoisotopic (exact) mass is 240 g/mol. The molecule has 0 aliphatic carbocycles. The van der Waals surface area contributed by atoms with Gasteiger partial charge in [-0.1, -0.05) is 6.07 Å². The molecule has 0 bridgehead atoms. The van der Waals surface area contributed by atoms with Gasteiger partial charge in [-0.3, -0.25) is 4.90 Å². The summed E-state index contributed by atoms with van der Waals surface area (Å²) in [5.41, 5.74) is 3.42. The average molecular weight is 240 g/mol. The van der Waals surface area contributed by atoms with Crippen LogP contribution in [-0.2, 0) is 11.3 Å². The SMILES string of the molecule is COCCN(CCO)Cc1cccc(NN)n1. The molecule has 4 N–H and O–H groups in total. The maximum Gasteiger partial charge on any atom is 0.140 e. The number of pyridine rings is 1. The Balaban J connectivity index is 2.57. The highest BCUT2D eigenvalue weighted by atomic mass is 16.5. The number of aliphatic hydroxyl groups is 1. The number of nitrogens with two attached hydrogens (primary N) is 1. The van der Waals surface area contributed by atoms with E-state index in [-0.39, 0.29) is 6.61 Å². The number of hydrazine groups is 1. The Bertz CT molecular complexity index is 322. The normalized spacial score (nSPS) is 10.8. The van der Waals surface area contributed by atoms with Crippen molar-refractivity contribution in [2.45, 2.75) is 6.54 Å². The van der Waals surface area contributed by atoms with E-state index in [1.807, 2.05) is 12.1 Å². The lowest BCUT2D eigenvalue weighted by molar-refractivity contribution is 0.126. The van der Waals surface area contributed by atoms with Gasteiger partial charge in [0.2, 0.25) is 0 Å². The molecule has 0 radical (unpaired) electrons. The van der Waals surface area contributed by atoms with Crippen LogP contribution in [0.25, 0.3) is 0 Å². The summed E-state index contributed by atoms with van der Waals surface area (Å²) < 4.78 is 5.03. The fourth-order valence-corrected chi connectivity index (χ4v) is 1.51. The molecule has 1 rings (SSSR count). The average Bonchev–Trinajstić information content (AvgIpc) is 2.36. The minimum atomic E-state index is 0.124. The Labute approximate surface area is 101 Å². The van der Waals surface area contributed by atoms with Gasteiger partial charge in [0.05, 0.1) is 18.9 Å². The first-order valence-corrected chi connectivity index (χ1v) is 5.55. The van der Waals surface area contributed by atoms with Gasteiger partial charge in [0.25, 0.3) is 0 Å². The van der Waals surface area contributed by atoms with Crippen molar-refractivity contribution in [1.29, 1.82) is 0 Å². The number of nitrogens with zero attached hydrogens (tertiary/aromatic N) is 2. The van der Waals surface area contributed by atoms with Gasteiger partial charge in [-0.05, 0) is 12.1 Å². The summed E-state index contributed by atoms with van der Waals surface area (Å²) in [6.45, 7) is 2.79. The summed E-state index contributed by atoms with van der Waals surface area (Å²) in [5, 5.41) is 8.98. The van der Waals surface area contributed by atoms with Crippen molar-refractivity contribution in [2.75, 3.05) is 38.8 Å². The van der Waals surface area contributed by atoms with Crippen molar-refractivity contribution in [1.82, 2.24) is 9.88 Å². The summed E-state index contributed by atoms with van der Waals surface area (Å²) >= 11 is 0. The molecule has 0 atom stereocenters. The number of hydrogen-bond donors (Lipinski definition) is 3. The van der Waals surface area contributed by atoms with Crippen LogP contribution in [0.4, 0.5) is 5.82 Å². The quantitative estimate of drug-likeness (QED) is 0.431. The number of hydrogen-bond acceptors (Lipinski definition) is 6. The van der Waals surface area contributed by atoms with E-state index in [1.165, 1.54) is 0 Å². The highest BCUT2D eigenvalue weighted by molar-refractivity contribution is 5.33. The van der Waals surface area contributed by atoms with Gasteiger partial charge in [0.1, 0.15) is 5.82 Å². The predicted octanol–water partition coefficient (Wildman–Crippen LogP) is -0.192. The fourth-order valence-electron chi connectivity index (χ4n) is 1.51. The van der Waals surface area contributed by atoms with Crippen LogP contribution in [0.2, 0.25) is 0 Å².